The highest BCUT2D eigenvalue weighted by atomic mass is 35.5. The van der Waals surface area contributed by atoms with E-state index in [0.29, 0.717) is 28.1 Å². The zero-order chi connectivity index (χ0) is 30.6. The highest BCUT2D eigenvalue weighted by molar-refractivity contribution is 6.33. The van der Waals surface area contributed by atoms with E-state index in [2.05, 4.69) is 48.5 Å². The number of nitriles is 1. The summed E-state index contributed by atoms with van der Waals surface area (Å²) in [7, 11) is 0. The minimum atomic E-state index is 0.621. The van der Waals surface area contributed by atoms with Gasteiger partial charge in [-0.3, -0.25) is 0 Å². The van der Waals surface area contributed by atoms with Crippen molar-refractivity contribution in [2.75, 3.05) is 0 Å². The van der Waals surface area contributed by atoms with E-state index in [-0.39, 0.29) is 0 Å². The Bertz CT molecular complexity index is 2100. The first kappa shape index (κ1) is 27.9. The van der Waals surface area contributed by atoms with E-state index < -0.39 is 0 Å². The molecule has 6 aromatic carbocycles. The summed E-state index contributed by atoms with van der Waals surface area (Å²) in [5.41, 5.74) is 9.57. The molecule has 0 amide bonds. The lowest BCUT2D eigenvalue weighted by molar-refractivity contribution is 1.07. The van der Waals surface area contributed by atoms with Crippen molar-refractivity contribution in [2.24, 2.45) is 0 Å². The Labute approximate surface area is 266 Å². The average molecular weight is 597 g/mol. The highest BCUT2D eigenvalue weighted by Crippen LogP contribution is 2.34. The molecule has 0 N–H and O–H groups in total. The van der Waals surface area contributed by atoms with Crippen LogP contribution in [0, 0.1) is 11.3 Å². The highest BCUT2D eigenvalue weighted by Gasteiger charge is 2.13. The van der Waals surface area contributed by atoms with Crippen LogP contribution in [0.4, 0.5) is 0 Å². The maximum atomic E-state index is 9.08. The molecule has 0 atom stereocenters. The molecule has 0 radical (unpaired) electrons. The van der Waals surface area contributed by atoms with Gasteiger partial charge in [-0.1, -0.05) is 139 Å². The van der Waals surface area contributed by atoms with E-state index >= 15 is 0 Å². The van der Waals surface area contributed by atoms with Crippen molar-refractivity contribution < 1.29 is 0 Å². The van der Waals surface area contributed by atoms with Gasteiger partial charge in [-0.25, -0.2) is 15.0 Å². The van der Waals surface area contributed by atoms with E-state index in [0.717, 1.165) is 50.1 Å². The second-order valence-electron chi connectivity index (χ2n) is 10.6. The van der Waals surface area contributed by atoms with Crippen molar-refractivity contribution in [3.8, 4) is 73.6 Å². The van der Waals surface area contributed by atoms with Crippen LogP contribution in [0.3, 0.4) is 0 Å². The number of nitrogens with zero attached hydrogens (tertiary/aromatic N) is 4. The molecule has 0 saturated heterocycles. The number of rotatable bonds is 6. The van der Waals surface area contributed by atoms with Gasteiger partial charge >= 0.3 is 0 Å². The molecule has 1 aromatic heterocycles. The third-order valence-corrected chi connectivity index (χ3v) is 7.98. The molecule has 0 aliphatic carbocycles. The molecule has 0 spiro atoms. The van der Waals surface area contributed by atoms with Crippen molar-refractivity contribution in [2.45, 2.75) is 0 Å². The lowest BCUT2D eigenvalue weighted by atomic mass is 9.97. The largest absolute Gasteiger partial charge is 0.208 e. The fourth-order valence-corrected chi connectivity index (χ4v) is 5.57. The molecule has 0 saturated carbocycles. The van der Waals surface area contributed by atoms with Crippen molar-refractivity contribution in [3.63, 3.8) is 0 Å². The van der Waals surface area contributed by atoms with Gasteiger partial charge in [0.25, 0.3) is 0 Å². The standard InChI is InChI=1S/C40H25ClN4/c41-37-25-34(28-16-14-27(26-42)15-17-28)22-23-36(37)30-20-18-29(19-21-30)33-12-7-13-35(24-33)40-44-38(31-8-3-1-4-9-31)43-39(45-40)32-10-5-2-6-11-32/h1-25H. The van der Waals surface area contributed by atoms with Gasteiger partial charge in [0.1, 0.15) is 0 Å². The van der Waals surface area contributed by atoms with Gasteiger partial charge in [-0.15, -0.1) is 0 Å². The van der Waals surface area contributed by atoms with Crippen LogP contribution in [0.2, 0.25) is 5.02 Å². The predicted molar refractivity (Wildman–Crippen MR) is 182 cm³/mol. The zero-order valence-electron chi connectivity index (χ0n) is 24.1. The van der Waals surface area contributed by atoms with Crippen molar-refractivity contribution in [1.82, 2.24) is 15.0 Å². The molecule has 212 valence electrons. The van der Waals surface area contributed by atoms with Crippen LogP contribution < -0.4 is 0 Å². The summed E-state index contributed by atoms with van der Waals surface area (Å²) >= 11 is 6.76. The third kappa shape index (κ3) is 5.99. The Hall–Kier alpha value is -5.89. The van der Waals surface area contributed by atoms with Gasteiger partial charge in [0.05, 0.1) is 11.6 Å². The molecule has 0 unspecified atom stereocenters. The summed E-state index contributed by atoms with van der Waals surface area (Å²) in [6.45, 7) is 0. The molecular formula is C40H25ClN4. The molecule has 5 heteroatoms. The smallest absolute Gasteiger partial charge is 0.164 e. The van der Waals surface area contributed by atoms with Gasteiger partial charge in [0, 0.05) is 27.3 Å². The monoisotopic (exact) mass is 596 g/mol. The maximum Gasteiger partial charge on any atom is 0.164 e. The molecule has 7 aromatic rings. The second kappa shape index (κ2) is 12.4. The van der Waals surface area contributed by atoms with E-state index in [4.69, 9.17) is 31.8 Å². The van der Waals surface area contributed by atoms with E-state index in [9.17, 15) is 0 Å². The van der Waals surface area contributed by atoms with Gasteiger partial charge < -0.3 is 0 Å². The van der Waals surface area contributed by atoms with E-state index in [1.807, 2.05) is 109 Å². The van der Waals surface area contributed by atoms with Gasteiger partial charge in [0.15, 0.2) is 17.5 Å². The Morgan fingerprint density at radius 2 is 0.844 bits per heavy atom. The Morgan fingerprint density at radius 1 is 0.400 bits per heavy atom. The van der Waals surface area contributed by atoms with Crippen LogP contribution in [0.1, 0.15) is 5.56 Å². The van der Waals surface area contributed by atoms with Crippen molar-refractivity contribution in [1.29, 1.82) is 5.26 Å². The lowest BCUT2D eigenvalue weighted by Crippen LogP contribution is -2.00. The zero-order valence-corrected chi connectivity index (χ0v) is 24.9. The molecule has 0 aliphatic rings. The van der Waals surface area contributed by atoms with Crippen molar-refractivity contribution >= 4 is 11.6 Å². The fourth-order valence-electron chi connectivity index (χ4n) is 5.28. The van der Waals surface area contributed by atoms with Crippen molar-refractivity contribution in [3.05, 3.63) is 162 Å². The minimum Gasteiger partial charge on any atom is -0.208 e. The third-order valence-electron chi connectivity index (χ3n) is 7.67. The Balaban J connectivity index is 1.20. The number of hydrogen-bond donors (Lipinski definition) is 0. The second-order valence-corrected chi connectivity index (χ2v) is 11.0. The van der Waals surface area contributed by atoms with Gasteiger partial charge in [-0.2, -0.15) is 5.26 Å². The summed E-state index contributed by atoms with van der Waals surface area (Å²) in [5, 5.41) is 9.75. The van der Waals surface area contributed by atoms with Gasteiger partial charge in [-0.05, 0) is 52.1 Å². The molecule has 1 heterocycles. The number of halogens is 1. The van der Waals surface area contributed by atoms with Crippen LogP contribution in [-0.4, -0.2) is 15.0 Å². The Kier molecular flexibility index (Phi) is 7.68. The molecular weight excluding hydrogens is 572 g/mol. The van der Waals surface area contributed by atoms with E-state index in [1.165, 1.54) is 0 Å². The van der Waals surface area contributed by atoms with E-state index in [1.54, 1.807) is 0 Å². The van der Waals surface area contributed by atoms with Crippen LogP contribution in [0.25, 0.3) is 67.5 Å². The molecule has 4 nitrogen and oxygen atoms in total. The number of aromatic nitrogens is 3. The predicted octanol–water partition coefficient (Wildman–Crippen LogP) is 10.4. The molecule has 0 aliphatic heterocycles. The lowest BCUT2D eigenvalue weighted by Gasteiger charge is -2.11. The number of hydrogen-bond acceptors (Lipinski definition) is 4. The summed E-state index contributed by atoms with van der Waals surface area (Å²) < 4.78 is 0. The topological polar surface area (TPSA) is 62.5 Å². The molecule has 0 fully saturated rings. The summed E-state index contributed by atoms with van der Waals surface area (Å²) in [6, 6.07) is 52.4. The normalized spacial score (nSPS) is 10.8. The van der Waals surface area contributed by atoms with Crippen LogP contribution in [-0.2, 0) is 0 Å². The average Bonchev–Trinajstić information content (AvgIpc) is 3.12. The molecule has 0 bridgehead atoms. The first-order valence-corrected chi connectivity index (χ1v) is 14.9. The maximum absolute atomic E-state index is 9.08. The fraction of sp³-hybridized carbons (Fsp3) is 0. The number of benzene rings is 6. The SMILES string of the molecule is N#Cc1ccc(-c2ccc(-c3ccc(-c4cccc(-c5nc(-c6ccccc6)nc(-c6ccccc6)n5)c4)cc3)c(Cl)c2)cc1. The first-order chi connectivity index (χ1) is 22.1. The van der Waals surface area contributed by atoms with Gasteiger partial charge in [0.2, 0.25) is 0 Å². The summed E-state index contributed by atoms with van der Waals surface area (Å²) in [4.78, 5) is 14.6. The van der Waals surface area contributed by atoms with Crippen LogP contribution in [0.15, 0.2) is 152 Å². The van der Waals surface area contributed by atoms with Crippen LogP contribution in [0.5, 0.6) is 0 Å². The quantitative estimate of drug-likeness (QED) is 0.191. The minimum absolute atomic E-state index is 0.621. The molecule has 7 rings (SSSR count). The summed E-state index contributed by atoms with van der Waals surface area (Å²) in [5.74, 6) is 1.89. The first-order valence-electron chi connectivity index (χ1n) is 14.5. The molecule has 45 heavy (non-hydrogen) atoms. The Morgan fingerprint density at radius 3 is 1.40 bits per heavy atom. The summed E-state index contributed by atoms with van der Waals surface area (Å²) in [6.07, 6.45) is 0. The van der Waals surface area contributed by atoms with Crippen LogP contribution >= 0.6 is 11.6 Å².